The van der Waals surface area contributed by atoms with Gasteiger partial charge in [-0.1, -0.05) is 13.8 Å². The Balaban J connectivity index is 1.80. The van der Waals surface area contributed by atoms with Gasteiger partial charge in [0.25, 0.3) is 0 Å². The van der Waals surface area contributed by atoms with E-state index in [1.807, 2.05) is 0 Å². The van der Waals surface area contributed by atoms with E-state index in [0.29, 0.717) is 24.8 Å². The number of hydrogen-bond donors (Lipinski definition) is 3. The van der Waals surface area contributed by atoms with Crippen molar-refractivity contribution in [2.75, 3.05) is 23.8 Å². The monoisotopic (exact) mass is 358 g/mol. The summed E-state index contributed by atoms with van der Waals surface area (Å²) in [7, 11) is 0. The molecule has 0 unspecified atom stereocenters. The van der Waals surface area contributed by atoms with E-state index < -0.39 is 0 Å². The maximum atomic E-state index is 12.0. The number of aromatic nitrogens is 4. The fraction of sp³-hybridized carbons (Fsp3) is 0.471. The summed E-state index contributed by atoms with van der Waals surface area (Å²) in [6.45, 7) is 6.22. The molecule has 3 heterocycles. The van der Waals surface area contributed by atoms with E-state index in [9.17, 15) is 9.59 Å². The summed E-state index contributed by atoms with van der Waals surface area (Å²) in [6, 6.07) is 0. The van der Waals surface area contributed by atoms with Crippen LogP contribution in [0.1, 0.15) is 55.8 Å². The molecule has 138 valence electrons. The highest BCUT2D eigenvalue weighted by atomic mass is 16.5. The molecule has 26 heavy (non-hydrogen) atoms. The van der Waals surface area contributed by atoms with Gasteiger partial charge < -0.3 is 15.4 Å². The van der Waals surface area contributed by atoms with Gasteiger partial charge >= 0.3 is 5.97 Å². The summed E-state index contributed by atoms with van der Waals surface area (Å²) >= 11 is 0. The fourth-order valence-electron chi connectivity index (χ4n) is 2.98. The zero-order valence-corrected chi connectivity index (χ0v) is 15.0. The number of hydrogen-bond acceptors (Lipinski definition) is 7. The minimum atomic E-state index is -0.367. The van der Waals surface area contributed by atoms with E-state index in [1.54, 1.807) is 19.3 Å². The number of esters is 1. The van der Waals surface area contributed by atoms with Crippen LogP contribution in [0.15, 0.2) is 12.4 Å². The van der Waals surface area contributed by atoms with Crippen molar-refractivity contribution in [2.45, 2.75) is 39.0 Å². The fourth-order valence-corrected chi connectivity index (χ4v) is 2.98. The number of carbonyl (C=O) groups excluding carboxylic acids is 2. The number of ether oxygens (including phenoxy) is 1. The lowest BCUT2D eigenvalue weighted by Gasteiger charge is -2.23. The molecule has 0 fully saturated rings. The number of H-pyrrole nitrogens is 1. The molecular weight excluding hydrogens is 336 g/mol. The van der Waals surface area contributed by atoms with Gasteiger partial charge in [-0.15, -0.1) is 0 Å². The Labute approximate surface area is 151 Å². The predicted molar refractivity (Wildman–Crippen MR) is 94.9 cm³/mol. The largest absolute Gasteiger partial charge is 0.465 e. The first-order chi connectivity index (χ1) is 12.5. The maximum absolute atomic E-state index is 12.0. The van der Waals surface area contributed by atoms with Crippen LogP contribution in [0.2, 0.25) is 0 Å². The molecule has 9 nitrogen and oxygen atoms in total. The van der Waals surface area contributed by atoms with Crippen LogP contribution in [0, 0.1) is 0 Å². The van der Waals surface area contributed by atoms with Gasteiger partial charge in [-0.3, -0.25) is 14.7 Å². The second-order valence-electron chi connectivity index (χ2n) is 6.36. The van der Waals surface area contributed by atoms with Crippen molar-refractivity contribution < 1.29 is 14.3 Å². The first-order valence-corrected chi connectivity index (χ1v) is 8.59. The highest BCUT2D eigenvalue weighted by Crippen LogP contribution is 2.39. The van der Waals surface area contributed by atoms with Crippen LogP contribution >= 0.6 is 0 Å². The van der Waals surface area contributed by atoms with Crippen LogP contribution in [-0.4, -0.2) is 45.2 Å². The van der Waals surface area contributed by atoms with Crippen molar-refractivity contribution in [3.05, 3.63) is 29.2 Å². The smallest absolute Gasteiger partial charge is 0.325 e. The normalized spacial score (nSPS) is 16.2. The van der Waals surface area contributed by atoms with Gasteiger partial charge in [0.2, 0.25) is 11.9 Å². The van der Waals surface area contributed by atoms with Crippen molar-refractivity contribution >= 4 is 23.6 Å². The third-order valence-corrected chi connectivity index (χ3v) is 4.18. The van der Waals surface area contributed by atoms with E-state index in [2.05, 4.69) is 44.6 Å². The number of aromatic amines is 1. The number of fused-ring (bicyclic) bond motifs is 1. The molecule has 2 aromatic heterocycles. The first-order valence-electron chi connectivity index (χ1n) is 8.59. The third kappa shape index (κ3) is 3.66. The lowest BCUT2D eigenvalue weighted by molar-refractivity contribution is -0.140. The van der Waals surface area contributed by atoms with E-state index in [-0.39, 0.29) is 30.3 Å². The Morgan fingerprint density at radius 3 is 2.77 bits per heavy atom. The minimum Gasteiger partial charge on any atom is -0.465 e. The molecular formula is C17H22N6O3. The highest BCUT2D eigenvalue weighted by molar-refractivity contribution is 5.94. The van der Waals surface area contributed by atoms with E-state index >= 15 is 0 Å². The topological polar surface area (TPSA) is 122 Å². The number of amides is 1. The molecule has 2 aromatic rings. The number of carbonyl (C=O) groups is 2. The Bertz CT molecular complexity index is 799. The van der Waals surface area contributed by atoms with Crippen LogP contribution in [0.25, 0.3) is 0 Å². The van der Waals surface area contributed by atoms with E-state index in [0.717, 1.165) is 16.8 Å². The maximum Gasteiger partial charge on any atom is 0.325 e. The van der Waals surface area contributed by atoms with Crippen molar-refractivity contribution in [1.82, 2.24) is 20.2 Å². The Morgan fingerprint density at radius 1 is 1.38 bits per heavy atom. The molecule has 3 N–H and O–H groups in total. The molecule has 0 saturated carbocycles. The van der Waals surface area contributed by atoms with Gasteiger partial charge in [0.1, 0.15) is 6.54 Å². The van der Waals surface area contributed by atoms with Gasteiger partial charge in [-0.25, -0.2) is 9.97 Å². The second kappa shape index (κ2) is 7.51. The SMILES string of the molecule is CCOC(=O)CNc1ncc([C@H]2CC(=O)Nc3n[nH]c(C(C)C)c32)cn1. The van der Waals surface area contributed by atoms with Gasteiger partial charge in [0.15, 0.2) is 5.82 Å². The van der Waals surface area contributed by atoms with Crippen LogP contribution in [0.3, 0.4) is 0 Å². The van der Waals surface area contributed by atoms with E-state index in [1.165, 1.54) is 0 Å². The molecule has 0 bridgehead atoms. The lowest BCUT2D eigenvalue weighted by atomic mass is 9.85. The molecule has 1 amide bonds. The molecule has 0 spiro atoms. The van der Waals surface area contributed by atoms with Gasteiger partial charge in [-0.2, -0.15) is 5.10 Å². The summed E-state index contributed by atoms with van der Waals surface area (Å²) in [4.78, 5) is 31.9. The average Bonchev–Trinajstić information content (AvgIpc) is 3.04. The Hall–Kier alpha value is -2.97. The summed E-state index contributed by atoms with van der Waals surface area (Å²) < 4.78 is 4.85. The van der Waals surface area contributed by atoms with Crippen molar-refractivity contribution in [1.29, 1.82) is 0 Å². The molecule has 3 rings (SSSR count). The number of rotatable bonds is 6. The lowest BCUT2D eigenvalue weighted by Crippen LogP contribution is -2.24. The van der Waals surface area contributed by atoms with Gasteiger partial charge in [0, 0.05) is 36.0 Å². The van der Waals surface area contributed by atoms with Crippen LogP contribution < -0.4 is 10.6 Å². The molecule has 1 aliphatic heterocycles. The molecule has 1 aliphatic rings. The second-order valence-corrected chi connectivity index (χ2v) is 6.36. The summed E-state index contributed by atoms with van der Waals surface area (Å²) in [5.74, 6) is 0.532. The van der Waals surface area contributed by atoms with Crippen LogP contribution in [0.4, 0.5) is 11.8 Å². The molecule has 0 aliphatic carbocycles. The average molecular weight is 358 g/mol. The van der Waals surface area contributed by atoms with Crippen LogP contribution in [-0.2, 0) is 14.3 Å². The first kappa shape index (κ1) is 17.8. The molecule has 0 saturated heterocycles. The summed E-state index contributed by atoms with van der Waals surface area (Å²) in [6.07, 6.45) is 3.65. The summed E-state index contributed by atoms with van der Waals surface area (Å²) in [5, 5.41) is 12.9. The van der Waals surface area contributed by atoms with Crippen LogP contribution in [0.5, 0.6) is 0 Å². The zero-order chi connectivity index (χ0) is 18.7. The Kier molecular flexibility index (Phi) is 5.15. The highest BCUT2D eigenvalue weighted by Gasteiger charge is 2.32. The van der Waals surface area contributed by atoms with Crippen molar-refractivity contribution in [2.24, 2.45) is 0 Å². The quantitative estimate of drug-likeness (QED) is 0.673. The molecule has 0 aromatic carbocycles. The predicted octanol–water partition coefficient (Wildman–Crippen LogP) is 1.77. The zero-order valence-electron chi connectivity index (χ0n) is 15.0. The van der Waals surface area contributed by atoms with Crippen molar-refractivity contribution in [3.8, 4) is 0 Å². The third-order valence-electron chi connectivity index (χ3n) is 4.18. The standard InChI is InChI=1S/C17H22N6O3/c1-4-26-13(25)8-20-17-18-6-10(7-19-17)11-5-12(24)21-16-14(11)15(9(2)3)22-23-16/h6-7,9,11H,4-5,8H2,1-3H3,(H,18,19,20)(H2,21,22,23,24)/t11-/m1/s1. The van der Waals surface area contributed by atoms with E-state index in [4.69, 9.17) is 4.74 Å². The number of anilines is 2. The molecule has 1 atom stereocenters. The Morgan fingerprint density at radius 2 is 2.12 bits per heavy atom. The molecule has 9 heteroatoms. The number of nitrogens with zero attached hydrogens (tertiary/aromatic N) is 3. The molecule has 0 radical (unpaired) electrons. The minimum absolute atomic E-state index is 0.00238. The number of nitrogens with one attached hydrogen (secondary N) is 3. The van der Waals surface area contributed by atoms with Gasteiger partial charge in [-0.05, 0) is 18.4 Å². The van der Waals surface area contributed by atoms with Crippen molar-refractivity contribution in [3.63, 3.8) is 0 Å². The summed E-state index contributed by atoms with van der Waals surface area (Å²) in [5.41, 5.74) is 2.80. The van der Waals surface area contributed by atoms with Gasteiger partial charge in [0.05, 0.1) is 6.61 Å².